The van der Waals surface area contributed by atoms with Crippen molar-refractivity contribution in [3.8, 4) is 0 Å². The van der Waals surface area contributed by atoms with Crippen molar-refractivity contribution in [2.45, 2.75) is 186 Å². The van der Waals surface area contributed by atoms with Gasteiger partial charge in [0.25, 0.3) is 0 Å². The van der Waals surface area contributed by atoms with Gasteiger partial charge in [0.15, 0.2) is 0 Å². The molecule has 1 saturated carbocycles. The summed E-state index contributed by atoms with van der Waals surface area (Å²) >= 11 is 0. The van der Waals surface area contributed by atoms with Crippen LogP contribution in [0.1, 0.15) is 174 Å². The fourth-order valence-corrected chi connectivity index (χ4v) is 5.76. The maximum atomic E-state index is 2.35. The quantitative estimate of drug-likeness (QED) is 0.194. The second-order valence-electron chi connectivity index (χ2n) is 10.8. The molecule has 0 radical (unpaired) electrons. The third-order valence-electron chi connectivity index (χ3n) is 7.82. The van der Waals surface area contributed by atoms with Gasteiger partial charge in [0.2, 0.25) is 0 Å². The van der Waals surface area contributed by atoms with Gasteiger partial charge in [-0.2, -0.15) is 0 Å². The Labute approximate surface area is 193 Å². The lowest BCUT2D eigenvalue weighted by Gasteiger charge is -2.23. The van der Waals surface area contributed by atoms with Gasteiger partial charge in [0.1, 0.15) is 7.28 Å². The van der Waals surface area contributed by atoms with Crippen molar-refractivity contribution < 1.29 is 0 Å². The number of unbranched alkanes of at least 4 members (excludes halogenated alkanes) is 8. The van der Waals surface area contributed by atoms with E-state index in [0.717, 1.165) is 11.6 Å². The molecule has 0 N–H and O–H groups in total. The minimum absolute atomic E-state index is 1.04. The maximum Gasteiger partial charge on any atom is 0.127 e. The van der Waals surface area contributed by atoms with Crippen molar-refractivity contribution in [2.75, 3.05) is 0 Å². The van der Waals surface area contributed by atoms with Crippen LogP contribution in [-0.2, 0) is 0 Å². The molecular weight excluding hydrogens is 359 g/mol. The van der Waals surface area contributed by atoms with Crippen LogP contribution in [0.25, 0.3) is 0 Å². The van der Waals surface area contributed by atoms with Crippen molar-refractivity contribution in [2.24, 2.45) is 0 Å². The summed E-state index contributed by atoms with van der Waals surface area (Å²) in [5, 5.41) is 0. The van der Waals surface area contributed by atoms with Gasteiger partial charge in [-0.25, -0.2) is 0 Å². The van der Waals surface area contributed by atoms with Crippen molar-refractivity contribution in [3.05, 3.63) is 0 Å². The Hall–Kier alpha value is 0.0649. The molecular formula is C29H59B. The topological polar surface area (TPSA) is 0 Å². The van der Waals surface area contributed by atoms with Crippen LogP contribution in [0, 0.1) is 0 Å². The normalized spacial score (nSPS) is 19.3. The minimum Gasteiger partial charge on any atom is -0.0654 e. The van der Waals surface area contributed by atoms with E-state index >= 15 is 0 Å². The van der Waals surface area contributed by atoms with Gasteiger partial charge in [-0.05, 0) is 0 Å². The van der Waals surface area contributed by atoms with E-state index in [1.165, 1.54) is 148 Å². The summed E-state index contributed by atoms with van der Waals surface area (Å²) in [6.07, 6.45) is 37.3. The molecule has 0 saturated heterocycles. The first-order valence-corrected chi connectivity index (χ1v) is 14.9. The molecule has 1 unspecified atom stereocenters. The number of rotatable bonds is 14. The fraction of sp³-hybridized carbons (Fsp3) is 1.00. The second kappa shape index (κ2) is 22.3. The average Bonchev–Trinajstić information content (AvgIpc) is 2.75. The maximum absolute atomic E-state index is 2.35. The Kier molecular flexibility index (Phi) is 20.9. The highest BCUT2D eigenvalue weighted by atomic mass is 14.1. The van der Waals surface area contributed by atoms with Gasteiger partial charge in [-0.3, -0.25) is 0 Å². The molecule has 0 spiro atoms. The van der Waals surface area contributed by atoms with E-state index in [2.05, 4.69) is 13.8 Å². The molecule has 30 heavy (non-hydrogen) atoms. The minimum atomic E-state index is 1.04. The Bertz CT molecular complexity index is 312. The van der Waals surface area contributed by atoms with Crippen LogP contribution in [-0.4, -0.2) is 7.28 Å². The molecule has 1 aliphatic rings. The van der Waals surface area contributed by atoms with Gasteiger partial charge < -0.3 is 0 Å². The van der Waals surface area contributed by atoms with Crippen LogP contribution in [0.15, 0.2) is 0 Å². The molecule has 1 aliphatic carbocycles. The van der Waals surface area contributed by atoms with Gasteiger partial charge in [0.05, 0.1) is 0 Å². The largest absolute Gasteiger partial charge is 0.127 e. The van der Waals surface area contributed by atoms with Gasteiger partial charge >= 0.3 is 0 Å². The number of hydrogen-bond donors (Lipinski definition) is 0. The van der Waals surface area contributed by atoms with Crippen LogP contribution in [0.3, 0.4) is 0 Å². The molecule has 0 bridgehead atoms. The Morgan fingerprint density at radius 3 is 1.33 bits per heavy atom. The Balaban J connectivity index is 2.42. The molecule has 0 heterocycles. The molecule has 178 valence electrons. The van der Waals surface area contributed by atoms with E-state index in [1.54, 1.807) is 20.1 Å². The van der Waals surface area contributed by atoms with Crippen molar-refractivity contribution in [3.63, 3.8) is 0 Å². The molecule has 1 rings (SSSR count). The highest BCUT2D eigenvalue weighted by molar-refractivity contribution is 6.39. The number of hydrogen-bond acceptors (Lipinski definition) is 0. The SMILES string of the molecule is CCCCCCCCC(BC1CCCCCCCCCCCCC1)CCCCCC. The lowest BCUT2D eigenvalue weighted by Crippen LogP contribution is -2.13. The molecule has 1 fully saturated rings. The summed E-state index contributed by atoms with van der Waals surface area (Å²) in [5.74, 6) is 2.08. The predicted octanol–water partition coefficient (Wildman–Crippen LogP) is 10.8. The van der Waals surface area contributed by atoms with Crippen LogP contribution in [0.2, 0.25) is 11.6 Å². The summed E-state index contributed by atoms with van der Waals surface area (Å²) in [5.41, 5.74) is 0. The zero-order valence-corrected chi connectivity index (χ0v) is 21.5. The Morgan fingerprint density at radius 2 is 0.867 bits per heavy atom. The molecule has 0 aromatic heterocycles. The van der Waals surface area contributed by atoms with Gasteiger partial charge in [0, 0.05) is 0 Å². The van der Waals surface area contributed by atoms with Crippen LogP contribution < -0.4 is 0 Å². The van der Waals surface area contributed by atoms with E-state index in [4.69, 9.17) is 0 Å². The first-order chi connectivity index (χ1) is 14.9. The lowest BCUT2D eigenvalue weighted by atomic mass is 9.50. The zero-order chi connectivity index (χ0) is 21.5. The summed E-state index contributed by atoms with van der Waals surface area (Å²) in [4.78, 5) is 0. The summed E-state index contributed by atoms with van der Waals surface area (Å²) in [6, 6.07) is 0. The molecule has 0 aromatic rings. The van der Waals surface area contributed by atoms with E-state index < -0.39 is 0 Å². The van der Waals surface area contributed by atoms with Crippen molar-refractivity contribution >= 4 is 7.28 Å². The standard InChI is InChI=1S/C29H59B/c1-3-5-7-9-17-21-25-28(24-20-8-6-4-2)30-29-26-22-18-15-13-11-10-12-14-16-19-23-27-29/h28-30H,3-27H2,1-2H3. The highest BCUT2D eigenvalue weighted by Crippen LogP contribution is 2.32. The molecule has 0 amide bonds. The third-order valence-corrected chi connectivity index (χ3v) is 7.82. The molecule has 1 heteroatoms. The average molecular weight is 419 g/mol. The van der Waals surface area contributed by atoms with Gasteiger partial charge in [-0.15, -0.1) is 0 Å². The Morgan fingerprint density at radius 1 is 0.500 bits per heavy atom. The molecule has 0 nitrogen and oxygen atoms in total. The predicted molar refractivity (Wildman–Crippen MR) is 141 cm³/mol. The summed E-state index contributed by atoms with van der Waals surface area (Å²) < 4.78 is 0. The van der Waals surface area contributed by atoms with Crippen molar-refractivity contribution in [1.29, 1.82) is 0 Å². The van der Waals surface area contributed by atoms with E-state index in [1.807, 2.05) is 0 Å². The smallest absolute Gasteiger partial charge is 0.0654 e. The highest BCUT2D eigenvalue weighted by Gasteiger charge is 2.18. The van der Waals surface area contributed by atoms with Crippen LogP contribution >= 0.6 is 0 Å². The monoisotopic (exact) mass is 418 g/mol. The first-order valence-electron chi connectivity index (χ1n) is 14.9. The molecule has 0 aliphatic heterocycles. The van der Waals surface area contributed by atoms with Crippen LogP contribution in [0.4, 0.5) is 0 Å². The summed E-state index contributed by atoms with van der Waals surface area (Å²) in [6.45, 7) is 4.68. The van der Waals surface area contributed by atoms with E-state index in [9.17, 15) is 0 Å². The second-order valence-corrected chi connectivity index (χ2v) is 10.8. The van der Waals surface area contributed by atoms with E-state index in [0.29, 0.717) is 0 Å². The first kappa shape index (κ1) is 28.1. The molecule has 0 aromatic carbocycles. The third kappa shape index (κ3) is 17.7. The summed E-state index contributed by atoms with van der Waals surface area (Å²) in [7, 11) is 1.57. The fourth-order valence-electron chi connectivity index (χ4n) is 5.76. The van der Waals surface area contributed by atoms with Crippen LogP contribution in [0.5, 0.6) is 0 Å². The molecule has 1 atom stereocenters. The van der Waals surface area contributed by atoms with E-state index in [-0.39, 0.29) is 0 Å². The van der Waals surface area contributed by atoms with Crippen molar-refractivity contribution in [1.82, 2.24) is 0 Å². The van der Waals surface area contributed by atoms with Gasteiger partial charge in [-0.1, -0.05) is 186 Å². The lowest BCUT2D eigenvalue weighted by molar-refractivity contribution is 0.494. The zero-order valence-electron chi connectivity index (χ0n) is 21.5.